The van der Waals surface area contributed by atoms with Gasteiger partial charge in [-0.15, -0.1) is 23.1 Å². The summed E-state index contributed by atoms with van der Waals surface area (Å²) in [5, 5.41) is 2.08. The second-order valence-electron chi connectivity index (χ2n) is 1.82. The highest BCUT2D eigenvalue weighted by molar-refractivity contribution is 8.01. The highest BCUT2D eigenvalue weighted by Gasteiger charge is 1.92. The lowest BCUT2D eigenvalue weighted by molar-refractivity contribution is 0.274. The maximum atomic E-state index is 4.98. The zero-order valence-electron chi connectivity index (χ0n) is 6.16. The van der Waals surface area contributed by atoms with E-state index in [9.17, 15) is 0 Å². The van der Waals surface area contributed by atoms with Crippen LogP contribution >= 0.6 is 23.1 Å². The molecule has 0 aliphatic heterocycles. The largest absolute Gasteiger partial charge is 0.501 e. The lowest BCUT2D eigenvalue weighted by Crippen LogP contribution is -1.88. The van der Waals surface area contributed by atoms with Crippen LogP contribution in [0.2, 0.25) is 0 Å². The van der Waals surface area contributed by atoms with Crippen molar-refractivity contribution in [2.45, 2.75) is 4.21 Å². The summed E-state index contributed by atoms with van der Waals surface area (Å²) in [6.45, 7) is 4.21. The molecule has 0 aliphatic rings. The summed E-state index contributed by atoms with van der Waals surface area (Å²) in [6, 6.07) is 4.17. The summed E-state index contributed by atoms with van der Waals surface area (Å²) in [7, 11) is 0. The Hall–Kier alpha value is -0.410. The van der Waals surface area contributed by atoms with E-state index in [0.717, 1.165) is 12.4 Å². The minimum absolute atomic E-state index is 0.742. The van der Waals surface area contributed by atoms with Crippen molar-refractivity contribution in [2.24, 2.45) is 0 Å². The first-order chi connectivity index (χ1) is 5.43. The van der Waals surface area contributed by atoms with Crippen molar-refractivity contribution < 1.29 is 4.74 Å². The first kappa shape index (κ1) is 8.68. The Morgan fingerprint density at radius 3 is 3.27 bits per heavy atom. The third-order valence-electron chi connectivity index (χ3n) is 1.06. The summed E-state index contributed by atoms with van der Waals surface area (Å²) in [4.78, 5) is 0. The fourth-order valence-electron chi connectivity index (χ4n) is 0.619. The van der Waals surface area contributed by atoms with Crippen LogP contribution in [0.1, 0.15) is 0 Å². The average Bonchev–Trinajstić information content (AvgIpc) is 2.50. The van der Waals surface area contributed by atoms with E-state index in [1.54, 1.807) is 11.3 Å². The molecule has 1 rings (SSSR count). The third-order valence-corrected chi connectivity index (χ3v) is 3.15. The Balaban J connectivity index is 2.09. The van der Waals surface area contributed by atoms with Crippen molar-refractivity contribution in [3.8, 4) is 0 Å². The summed E-state index contributed by atoms with van der Waals surface area (Å²) in [5.74, 6) is 0.993. The number of hydrogen-bond donors (Lipinski definition) is 0. The summed E-state index contributed by atoms with van der Waals surface area (Å²) in [5.41, 5.74) is 0. The van der Waals surface area contributed by atoms with Crippen molar-refractivity contribution in [3.05, 3.63) is 30.4 Å². The molecule has 0 saturated heterocycles. The van der Waals surface area contributed by atoms with Crippen LogP contribution in [0.5, 0.6) is 0 Å². The van der Waals surface area contributed by atoms with Crippen molar-refractivity contribution in [1.29, 1.82) is 0 Å². The van der Waals surface area contributed by atoms with Crippen LogP contribution < -0.4 is 0 Å². The van der Waals surface area contributed by atoms with Gasteiger partial charge in [-0.2, -0.15) is 0 Å². The highest BCUT2D eigenvalue weighted by Crippen LogP contribution is 2.22. The summed E-state index contributed by atoms with van der Waals surface area (Å²) in [6.07, 6.45) is 1.48. The van der Waals surface area contributed by atoms with Gasteiger partial charge in [-0.25, -0.2) is 0 Å². The molecule has 3 heteroatoms. The smallest absolute Gasteiger partial charge is 0.0967 e. The Kier molecular flexibility index (Phi) is 4.16. The van der Waals surface area contributed by atoms with E-state index in [1.807, 2.05) is 11.8 Å². The van der Waals surface area contributed by atoms with E-state index in [-0.39, 0.29) is 0 Å². The fraction of sp³-hybridized carbons (Fsp3) is 0.250. The van der Waals surface area contributed by atoms with E-state index in [4.69, 9.17) is 4.74 Å². The molecule has 0 unspecified atom stereocenters. The molecule has 0 aromatic carbocycles. The lowest BCUT2D eigenvalue weighted by atomic mass is 10.7. The van der Waals surface area contributed by atoms with Gasteiger partial charge in [-0.3, -0.25) is 0 Å². The number of thioether (sulfide) groups is 1. The molecule has 1 nitrogen and oxygen atoms in total. The Morgan fingerprint density at radius 1 is 1.73 bits per heavy atom. The maximum absolute atomic E-state index is 4.98. The summed E-state index contributed by atoms with van der Waals surface area (Å²) >= 11 is 3.58. The number of ether oxygens (including phenoxy) is 1. The molecule has 0 saturated carbocycles. The normalized spacial score (nSPS) is 9.45. The van der Waals surface area contributed by atoms with Gasteiger partial charge < -0.3 is 4.74 Å². The van der Waals surface area contributed by atoms with Gasteiger partial charge in [0, 0.05) is 5.75 Å². The molecule has 0 N–H and O–H groups in total. The van der Waals surface area contributed by atoms with Gasteiger partial charge in [0.2, 0.25) is 0 Å². The second-order valence-corrected chi connectivity index (χ2v) is 4.16. The van der Waals surface area contributed by atoms with E-state index in [2.05, 4.69) is 24.1 Å². The van der Waals surface area contributed by atoms with Crippen LogP contribution in [-0.4, -0.2) is 12.4 Å². The maximum Gasteiger partial charge on any atom is 0.0967 e. The molecule has 0 spiro atoms. The first-order valence-corrected chi connectivity index (χ1v) is 5.19. The van der Waals surface area contributed by atoms with E-state index < -0.39 is 0 Å². The molecular formula is C8H10OS2. The minimum Gasteiger partial charge on any atom is -0.501 e. The fourth-order valence-corrected chi connectivity index (χ4v) is 2.31. The predicted octanol–water partition coefficient (Wildman–Crippen LogP) is 3.00. The van der Waals surface area contributed by atoms with Gasteiger partial charge in [0.25, 0.3) is 0 Å². The summed E-state index contributed by atoms with van der Waals surface area (Å²) < 4.78 is 6.32. The average molecular weight is 186 g/mol. The standard InChI is InChI=1S/C8H10OS2/c1-2-9-5-7-11-8-4-3-6-10-8/h2-4,6H,1,5,7H2. The molecule has 60 valence electrons. The van der Waals surface area contributed by atoms with Crippen LogP contribution in [0.25, 0.3) is 0 Å². The van der Waals surface area contributed by atoms with Gasteiger partial charge in [0.15, 0.2) is 0 Å². The SMILES string of the molecule is C=COCCSc1cccs1. The number of rotatable bonds is 5. The van der Waals surface area contributed by atoms with Gasteiger partial charge in [0.05, 0.1) is 17.1 Å². The quantitative estimate of drug-likeness (QED) is 0.397. The molecule has 0 radical (unpaired) electrons. The molecule has 1 aromatic rings. The van der Waals surface area contributed by atoms with Gasteiger partial charge >= 0.3 is 0 Å². The molecule has 0 amide bonds. The third kappa shape index (κ3) is 3.49. The van der Waals surface area contributed by atoms with E-state index >= 15 is 0 Å². The molecule has 0 aliphatic carbocycles. The topological polar surface area (TPSA) is 9.23 Å². The van der Waals surface area contributed by atoms with Crippen molar-refractivity contribution >= 4 is 23.1 Å². The predicted molar refractivity (Wildman–Crippen MR) is 51.2 cm³/mol. The zero-order valence-corrected chi connectivity index (χ0v) is 7.79. The molecule has 0 bridgehead atoms. The van der Waals surface area contributed by atoms with E-state index in [1.165, 1.54) is 10.5 Å². The molecular weight excluding hydrogens is 176 g/mol. The van der Waals surface area contributed by atoms with Crippen LogP contribution in [0, 0.1) is 0 Å². The van der Waals surface area contributed by atoms with Crippen LogP contribution in [0.3, 0.4) is 0 Å². The van der Waals surface area contributed by atoms with Crippen molar-refractivity contribution in [2.75, 3.05) is 12.4 Å². The van der Waals surface area contributed by atoms with Gasteiger partial charge in [-0.1, -0.05) is 12.6 Å². The molecule has 11 heavy (non-hydrogen) atoms. The lowest BCUT2D eigenvalue weighted by Gasteiger charge is -1.97. The van der Waals surface area contributed by atoms with Gasteiger partial charge in [0.1, 0.15) is 0 Å². The molecule has 0 atom stereocenters. The monoisotopic (exact) mass is 186 g/mol. The van der Waals surface area contributed by atoms with Crippen LogP contribution in [0.4, 0.5) is 0 Å². The van der Waals surface area contributed by atoms with E-state index in [0.29, 0.717) is 0 Å². The molecule has 1 aromatic heterocycles. The van der Waals surface area contributed by atoms with Crippen LogP contribution in [0.15, 0.2) is 34.6 Å². The van der Waals surface area contributed by atoms with Crippen molar-refractivity contribution in [3.63, 3.8) is 0 Å². The van der Waals surface area contributed by atoms with Crippen molar-refractivity contribution in [1.82, 2.24) is 0 Å². The number of thiophene rings is 1. The molecule has 0 fully saturated rings. The highest BCUT2D eigenvalue weighted by atomic mass is 32.2. The first-order valence-electron chi connectivity index (χ1n) is 3.32. The zero-order chi connectivity index (χ0) is 7.94. The Labute approximate surface area is 75.1 Å². The number of hydrogen-bond acceptors (Lipinski definition) is 3. The minimum atomic E-state index is 0.742. The second kappa shape index (κ2) is 5.27. The van der Waals surface area contributed by atoms with Crippen LogP contribution in [-0.2, 0) is 4.74 Å². The Morgan fingerprint density at radius 2 is 2.64 bits per heavy atom. The molecule has 1 heterocycles. The Bertz CT molecular complexity index is 194. The van der Waals surface area contributed by atoms with Gasteiger partial charge in [-0.05, 0) is 11.4 Å².